The van der Waals surface area contributed by atoms with E-state index in [4.69, 9.17) is 4.42 Å². The third-order valence-electron chi connectivity index (χ3n) is 3.31. The Hall–Kier alpha value is -2.79. The molecule has 0 aliphatic heterocycles. The van der Waals surface area contributed by atoms with Gasteiger partial charge in [0, 0.05) is 11.8 Å². The first-order chi connectivity index (χ1) is 10.8. The summed E-state index contributed by atoms with van der Waals surface area (Å²) in [5.74, 6) is 0.407. The van der Waals surface area contributed by atoms with Crippen LogP contribution in [0.4, 0.5) is 0 Å². The summed E-state index contributed by atoms with van der Waals surface area (Å²) in [7, 11) is 0. The third-order valence-corrected chi connectivity index (χ3v) is 4.18. The van der Waals surface area contributed by atoms with Crippen LogP contribution in [0.2, 0.25) is 0 Å². The van der Waals surface area contributed by atoms with Crippen LogP contribution in [0.5, 0.6) is 0 Å². The van der Waals surface area contributed by atoms with E-state index in [1.807, 2.05) is 41.8 Å². The maximum atomic E-state index is 12.6. The molecule has 106 valence electrons. The van der Waals surface area contributed by atoms with Gasteiger partial charge in [-0.25, -0.2) is 9.97 Å². The fourth-order valence-electron chi connectivity index (χ4n) is 2.26. The van der Waals surface area contributed by atoms with Crippen molar-refractivity contribution in [2.45, 2.75) is 0 Å². The minimum atomic E-state index is -0.0599. The molecule has 3 aromatic heterocycles. The van der Waals surface area contributed by atoms with Crippen LogP contribution < -0.4 is 0 Å². The number of carbonyl (C=O) groups is 1. The number of hydrogen-bond donors (Lipinski definition) is 0. The van der Waals surface area contributed by atoms with E-state index in [1.54, 1.807) is 18.3 Å². The number of benzene rings is 1. The molecule has 0 amide bonds. The molecule has 0 aliphatic carbocycles. The van der Waals surface area contributed by atoms with Crippen LogP contribution in [0.15, 0.2) is 64.5 Å². The first kappa shape index (κ1) is 12.9. The van der Waals surface area contributed by atoms with E-state index < -0.39 is 0 Å². The van der Waals surface area contributed by atoms with Crippen LogP contribution in [0.1, 0.15) is 15.2 Å². The monoisotopic (exact) mass is 306 g/mol. The van der Waals surface area contributed by atoms with Gasteiger partial charge in [0.25, 0.3) is 0 Å². The molecular formula is C17H10N2O2S. The maximum absolute atomic E-state index is 12.6. The van der Waals surface area contributed by atoms with Gasteiger partial charge in [0.05, 0.1) is 10.4 Å². The summed E-state index contributed by atoms with van der Waals surface area (Å²) in [5, 5.41) is 1.88. The van der Waals surface area contributed by atoms with E-state index in [1.165, 1.54) is 11.3 Å². The van der Waals surface area contributed by atoms with E-state index >= 15 is 0 Å². The van der Waals surface area contributed by atoms with E-state index in [-0.39, 0.29) is 5.78 Å². The fraction of sp³-hybridized carbons (Fsp3) is 0. The maximum Gasteiger partial charge on any atom is 0.248 e. The van der Waals surface area contributed by atoms with Crippen molar-refractivity contribution in [2.75, 3.05) is 0 Å². The van der Waals surface area contributed by atoms with Crippen LogP contribution in [0.25, 0.3) is 22.7 Å². The predicted molar refractivity (Wildman–Crippen MR) is 85.0 cm³/mol. The lowest BCUT2D eigenvalue weighted by Gasteiger charge is -1.97. The van der Waals surface area contributed by atoms with E-state index in [0.717, 1.165) is 5.56 Å². The fourth-order valence-corrected chi connectivity index (χ4v) is 2.94. The molecule has 3 heterocycles. The van der Waals surface area contributed by atoms with Gasteiger partial charge in [-0.2, -0.15) is 0 Å². The normalized spacial score (nSPS) is 10.9. The summed E-state index contributed by atoms with van der Waals surface area (Å²) in [6, 6.07) is 14.9. The average Bonchev–Trinajstić information content (AvgIpc) is 3.24. The average molecular weight is 306 g/mol. The predicted octanol–water partition coefficient (Wildman–Crippen LogP) is 4.18. The number of carbonyl (C=O) groups excluding carboxylic acids is 1. The van der Waals surface area contributed by atoms with Crippen LogP contribution in [0, 0.1) is 0 Å². The van der Waals surface area contributed by atoms with E-state index in [0.29, 0.717) is 27.6 Å². The van der Waals surface area contributed by atoms with Crippen LogP contribution in [-0.2, 0) is 0 Å². The van der Waals surface area contributed by atoms with Gasteiger partial charge in [-0.05, 0) is 29.6 Å². The molecule has 0 bridgehead atoms. The Balaban J connectivity index is 1.87. The smallest absolute Gasteiger partial charge is 0.248 e. The largest absolute Gasteiger partial charge is 0.418 e. The van der Waals surface area contributed by atoms with Crippen molar-refractivity contribution in [3.8, 4) is 11.5 Å². The molecule has 1 aromatic carbocycles. The molecule has 0 saturated heterocycles. The van der Waals surface area contributed by atoms with Gasteiger partial charge in [-0.1, -0.05) is 24.3 Å². The number of thiophene rings is 1. The van der Waals surface area contributed by atoms with Gasteiger partial charge in [-0.3, -0.25) is 4.79 Å². The molecule has 0 fully saturated rings. The second kappa shape index (κ2) is 5.20. The Morgan fingerprint density at radius 1 is 1.05 bits per heavy atom. The Kier molecular flexibility index (Phi) is 3.05. The highest BCUT2D eigenvalue weighted by molar-refractivity contribution is 7.12. The molecule has 5 heteroatoms. The number of rotatable bonds is 3. The zero-order chi connectivity index (χ0) is 14.9. The molecule has 0 spiro atoms. The molecule has 0 N–H and O–H groups in total. The Morgan fingerprint density at radius 3 is 2.68 bits per heavy atom. The summed E-state index contributed by atoms with van der Waals surface area (Å²) < 4.78 is 5.69. The summed E-state index contributed by atoms with van der Waals surface area (Å²) in [6.45, 7) is 0. The lowest BCUT2D eigenvalue weighted by molar-refractivity contribution is 0.104. The molecule has 4 rings (SSSR count). The zero-order valence-electron chi connectivity index (χ0n) is 11.4. The number of nitrogens with zero attached hydrogens (tertiary/aromatic N) is 2. The third kappa shape index (κ3) is 2.12. The van der Waals surface area contributed by atoms with Crippen LogP contribution >= 0.6 is 11.3 Å². The summed E-state index contributed by atoms with van der Waals surface area (Å²) >= 11 is 1.41. The van der Waals surface area contributed by atoms with E-state index in [2.05, 4.69) is 9.97 Å². The molecule has 0 atom stereocenters. The van der Waals surface area contributed by atoms with Gasteiger partial charge in [-0.15, -0.1) is 11.3 Å². The first-order valence-corrected chi connectivity index (χ1v) is 7.60. The molecule has 0 saturated carbocycles. The minimum absolute atomic E-state index is 0.0599. The van der Waals surface area contributed by atoms with Crippen molar-refractivity contribution >= 4 is 28.4 Å². The van der Waals surface area contributed by atoms with Crippen molar-refractivity contribution < 1.29 is 9.21 Å². The SMILES string of the molecule is O=C(c1cccs1)c1ccnc2oc(-c3ccccc3)nc12. The van der Waals surface area contributed by atoms with Crippen molar-refractivity contribution in [3.63, 3.8) is 0 Å². The highest BCUT2D eigenvalue weighted by atomic mass is 32.1. The molecule has 4 aromatic rings. The second-order valence-electron chi connectivity index (χ2n) is 4.70. The summed E-state index contributed by atoms with van der Waals surface area (Å²) in [6.07, 6.45) is 1.57. The zero-order valence-corrected chi connectivity index (χ0v) is 12.2. The number of ketones is 1. The number of fused-ring (bicyclic) bond motifs is 1. The van der Waals surface area contributed by atoms with Gasteiger partial charge in [0.15, 0.2) is 0 Å². The quantitative estimate of drug-likeness (QED) is 0.533. The number of pyridine rings is 1. The first-order valence-electron chi connectivity index (χ1n) is 6.72. The summed E-state index contributed by atoms with van der Waals surface area (Å²) in [4.78, 5) is 21.9. The standard InChI is InChI=1S/C17H10N2O2S/c20-15(13-7-4-10-22-13)12-8-9-18-17-14(12)19-16(21-17)11-5-2-1-3-6-11/h1-10H. The second-order valence-corrected chi connectivity index (χ2v) is 5.65. The van der Waals surface area contributed by atoms with Crippen molar-refractivity contribution in [1.29, 1.82) is 0 Å². The van der Waals surface area contributed by atoms with Crippen LogP contribution in [0.3, 0.4) is 0 Å². The Bertz CT molecular complexity index is 943. The molecule has 0 unspecified atom stereocenters. The van der Waals surface area contributed by atoms with Gasteiger partial charge >= 0.3 is 0 Å². The molecule has 0 radical (unpaired) electrons. The van der Waals surface area contributed by atoms with E-state index in [9.17, 15) is 4.79 Å². The lowest BCUT2D eigenvalue weighted by Crippen LogP contribution is -2.00. The number of hydrogen-bond acceptors (Lipinski definition) is 5. The Morgan fingerprint density at radius 2 is 1.91 bits per heavy atom. The van der Waals surface area contributed by atoms with Crippen molar-refractivity contribution in [3.05, 3.63) is 70.5 Å². The number of oxazole rings is 1. The molecule has 4 nitrogen and oxygen atoms in total. The van der Waals surface area contributed by atoms with Gasteiger partial charge in [0.2, 0.25) is 17.4 Å². The Labute approximate surface area is 130 Å². The molecule has 22 heavy (non-hydrogen) atoms. The van der Waals surface area contributed by atoms with Crippen molar-refractivity contribution in [2.24, 2.45) is 0 Å². The van der Waals surface area contributed by atoms with Crippen LogP contribution in [-0.4, -0.2) is 15.8 Å². The highest BCUT2D eigenvalue weighted by Crippen LogP contribution is 2.26. The topological polar surface area (TPSA) is 56.0 Å². The summed E-state index contributed by atoms with van der Waals surface area (Å²) in [5.41, 5.74) is 2.24. The number of aromatic nitrogens is 2. The minimum Gasteiger partial charge on any atom is -0.418 e. The van der Waals surface area contributed by atoms with Gasteiger partial charge < -0.3 is 4.42 Å². The van der Waals surface area contributed by atoms with Crippen molar-refractivity contribution in [1.82, 2.24) is 9.97 Å². The molecule has 0 aliphatic rings. The lowest BCUT2D eigenvalue weighted by atomic mass is 10.1. The highest BCUT2D eigenvalue weighted by Gasteiger charge is 2.18. The van der Waals surface area contributed by atoms with Gasteiger partial charge in [0.1, 0.15) is 5.52 Å². The molecular weight excluding hydrogens is 296 g/mol.